The van der Waals surface area contributed by atoms with Crippen LogP contribution < -0.4 is 0 Å². The number of aromatic nitrogens is 4. The van der Waals surface area contributed by atoms with Gasteiger partial charge in [-0.05, 0) is 48.4 Å². The number of rotatable bonds is 4. The Labute approximate surface area is 198 Å². The maximum atomic E-state index is 5.16. The summed E-state index contributed by atoms with van der Waals surface area (Å²) >= 11 is 0. The summed E-state index contributed by atoms with van der Waals surface area (Å²) in [5.74, 6) is 0.280. The molecule has 4 nitrogen and oxygen atoms in total. The maximum absolute atomic E-state index is 5.16. The summed E-state index contributed by atoms with van der Waals surface area (Å²) in [5, 5.41) is 2.39. The van der Waals surface area contributed by atoms with Crippen molar-refractivity contribution in [3.63, 3.8) is 0 Å². The van der Waals surface area contributed by atoms with Crippen LogP contribution in [0.15, 0.2) is 97.3 Å². The Hall–Kier alpha value is -4.31. The third kappa shape index (κ3) is 3.44. The Balaban J connectivity index is 1.71. The molecule has 1 N–H and O–H groups in total. The van der Waals surface area contributed by atoms with Crippen molar-refractivity contribution >= 4 is 21.8 Å². The lowest BCUT2D eigenvalue weighted by Gasteiger charge is -2.15. The molecular weight excluding hydrogens is 416 g/mol. The number of H-pyrrole nitrogens is 1. The predicted octanol–water partition coefficient (Wildman–Crippen LogP) is 7.63. The van der Waals surface area contributed by atoms with Gasteiger partial charge in [0.25, 0.3) is 0 Å². The zero-order valence-corrected chi connectivity index (χ0v) is 19.2. The Kier molecular flexibility index (Phi) is 4.92. The molecular formula is C30H24N4. The summed E-state index contributed by atoms with van der Waals surface area (Å²) in [6.45, 7) is 4.36. The molecule has 0 spiro atoms. The second-order valence-corrected chi connectivity index (χ2v) is 8.83. The number of hydrogen-bond donors (Lipinski definition) is 1. The summed E-state index contributed by atoms with van der Waals surface area (Å²) in [7, 11) is 0. The van der Waals surface area contributed by atoms with Crippen molar-refractivity contribution in [2.24, 2.45) is 0 Å². The number of fused-ring (bicyclic) bond motifs is 3. The van der Waals surface area contributed by atoms with Gasteiger partial charge in [-0.1, -0.05) is 56.3 Å². The molecule has 0 aliphatic heterocycles. The SMILES string of the molecule is CC(C)c1cc(-c2ccccn2)cc(-c2c(-c3ccccn3)ccc3c2[nH]c2ccccc23)n1. The Morgan fingerprint density at radius 2 is 1.41 bits per heavy atom. The molecule has 164 valence electrons. The van der Waals surface area contributed by atoms with Crippen molar-refractivity contribution in [2.45, 2.75) is 19.8 Å². The lowest BCUT2D eigenvalue weighted by molar-refractivity contribution is 0.825. The van der Waals surface area contributed by atoms with Gasteiger partial charge in [-0.2, -0.15) is 0 Å². The molecule has 0 aliphatic rings. The van der Waals surface area contributed by atoms with Gasteiger partial charge in [0.2, 0.25) is 0 Å². The van der Waals surface area contributed by atoms with Crippen molar-refractivity contribution in [1.82, 2.24) is 19.9 Å². The lowest BCUT2D eigenvalue weighted by Crippen LogP contribution is -1.99. The molecule has 0 radical (unpaired) electrons. The van der Waals surface area contributed by atoms with Gasteiger partial charge in [0.15, 0.2) is 0 Å². The minimum atomic E-state index is 0.280. The molecule has 6 aromatic rings. The second-order valence-electron chi connectivity index (χ2n) is 8.83. The van der Waals surface area contributed by atoms with Crippen LogP contribution in [-0.4, -0.2) is 19.9 Å². The fraction of sp³-hybridized carbons (Fsp3) is 0.100. The number of nitrogens with zero attached hydrogens (tertiary/aromatic N) is 3. The molecule has 34 heavy (non-hydrogen) atoms. The average Bonchev–Trinajstić information content (AvgIpc) is 3.27. The highest BCUT2D eigenvalue weighted by atomic mass is 14.8. The van der Waals surface area contributed by atoms with E-state index in [1.807, 2.05) is 42.7 Å². The van der Waals surface area contributed by atoms with Crippen LogP contribution in [0.1, 0.15) is 25.5 Å². The first-order valence-electron chi connectivity index (χ1n) is 11.6. The molecule has 0 saturated heterocycles. The van der Waals surface area contributed by atoms with Crippen LogP contribution in [0, 0.1) is 0 Å². The van der Waals surface area contributed by atoms with Gasteiger partial charge in [-0.3, -0.25) is 15.0 Å². The van der Waals surface area contributed by atoms with Crippen LogP contribution in [-0.2, 0) is 0 Å². The zero-order chi connectivity index (χ0) is 23.1. The number of para-hydroxylation sites is 1. The van der Waals surface area contributed by atoms with Crippen molar-refractivity contribution in [2.75, 3.05) is 0 Å². The molecule has 0 bridgehead atoms. The molecule has 0 unspecified atom stereocenters. The highest BCUT2D eigenvalue weighted by molar-refractivity contribution is 6.14. The average molecular weight is 441 g/mol. The highest BCUT2D eigenvalue weighted by Crippen LogP contribution is 2.40. The van der Waals surface area contributed by atoms with E-state index < -0.39 is 0 Å². The summed E-state index contributed by atoms with van der Waals surface area (Å²) in [6, 6.07) is 29.1. The topological polar surface area (TPSA) is 54.5 Å². The number of hydrogen-bond acceptors (Lipinski definition) is 3. The summed E-state index contributed by atoms with van der Waals surface area (Å²) in [5.41, 5.74) is 9.20. The van der Waals surface area contributed by atoms with Crippen molar-refractivity contribution < 1.29 is 0 Å². The second kappa shape index (κ2) is 8.23. The van der Waals surface area contributed by atoms with Crippen molar-refractivity contribution in [3.05, 3.63) is 103 Å². The first-order chi connectivity index (χ1) is 16.7. The molecule has 0 fully saturated rings. The third-order valence-electron chi connectivity index (χ3n) is 6.28. The molecule has 0 aliphatic carbocycles. The van der Waals surface area contributed by atoms with Gasteiger partial charge in [-0.15, -0.1) is 0 Å². The van der Waals surface area contributed by atoms with Crippen LogP contribution in [0.3, 0.4) is 0 Å². The number of aromatic amines is 1. The van der Waals surface area contributed by atoms with E-state index in [4.69, 9.17) is 4.98 Å². The molecule has 4 heteroatoms. The Morgan fingerprint density at radius 3 is 2.15 bits per heavy atom. The molecule has 4 heterocycles. The van der Waals surface area contributed by atoms with Crippen LogP contribution in [0.25, 0.3) is 55.6 Å². The number of benzene rings is 2. The molecule has 0 amide bonds. The van der Waals surface area contributed by atoms with Gasteiger partial charge < -0.3 is 4.98 Å². The van der Waals surface area contributed by atoms with E-state index in [2.05, 4.69) is 83.4 Å². The van der Waals surface area contributed by atoms with Gasteiger partial charge in [0, 0.05) is 51.1 Å². The quantitative estimate of drug-likeness (QED) is 0.306. The minimum Gasteiger partial charge on any atom is -0.354 e. The van der Waals surface area contributed by atoms with Crippen molar-refractivity contribution in [1.29, 1.82) is 0 Å². The van der Waals surface area contributed by atoms with Crippen LogP contribution in [0.4, 0.5) is 0 Å². The van der Waals surface area contributed by atoms with E-state index in [0.29, 0.717) is 0 Å². The van der Waals surface area contributed by atoms with Gasteiger partial charge in [0.05, 0.1) is 22.6 Å². The van der Waals surface area contributed by atoms with Crippen LogP contribution >= 0.6 is 0 Å². The fourth-order valence-electron chi connectivity index (χ4n) is 4.58. The third-order valence-corrected chi connectivity index (χ3v) is 6.28. The van der Waals surface area contributed by atoms with Crippen molar-refractivity contribution in [3.8, 4) is 33.8 Å². The van der Waals surface area contributed by atoms with E-state index in [0.717, 1.165) is 50.5 Å². The highest BCUT2D eigenvalue weighted by Gasteiger charge is 2.19. The Morgan fingerprint density at radius 1 is 0.676 bits per heavy atom. The van der Waals surface area contributed by atoms with Crippen LogP contribution in [0.2, 0.25) is 0 Å². The number of pyridine rings is 3. The van der Waals surface area contributed by atoms with E-state index >= 15 is 0 Å². The van der Waals surface area contributed by atoms with E-state index in [9.17, 15) is 0 Å². The summed E-state index contributed by atoms with van der Waals surface area (Å²) in [4.78, 5) is 18.1. The molecule has 6 rings (SSSR count). The van der Waals surface area contributed by atoms with Gasteiger partial charge in [-0.25, -0.2) is 0 Å². The fourth-order valence-corrected chi connectivity index (χ4v) is 4.58. The molecule has 2 aromatic carbocycles. The van der Waals surface area contributed by atoms with Crippen LogP contribution in [0.5, 0.6) is 0 Å². The standard InChI is InChI=1S/C30H24N4/c1-19(2)27-17-20(24-10-5-7-15-31-24)18-28(33-27)29-23(25-11-6-8-16-32-25)14-13-22-21-9-3-4-12-26(21)34-30(22)29/h3-19,34H,1-2H3. The first kappa shape index (κ1) is 20.3. The molecule has 0 saturated carbocycles. The first-order valence-corrected chi connectivity index (χ1v) is 11.6. The summed E-state index contributed by atoms with van der Waals surface area (Å²) < 4.78 is 0. The van der Waals surface area contributed by atoms with Gasteiger partial charge in [0.1, 0.15) is 0 Å². The van der Waals surface area contributed by atoms with Gasteiger partial charge >= 0.3 is 0 Å². The summed E-state index contributed by atoms with van der Waals surface area (Å²) in [6.07, 6.45) is 3.67. The maximum Gasteiger partial charge on any atom is 0.0740 e. The van der Waals surface area contributed by atoms with E-state index in [1.54, 1.807) is 0 Å². The van der Waals surface area contributed by atoms with E-state index in [-0.39, 0.29) is 5.92 Å². The minimum absolute atomic E-state index is 0.280. The monoisotopic (exact) mass is 440 g/mol. The normalized spacial score (nSPS) is 11.5. The zero-order valence-electron chi connectivity index (χ0n) is 19.2. The Bertz CT molecular complexity index is 1620. The predicted molar refractivity (Wildman–Crippen MR) is 140 cm³/mol. The largest absolute Gasteiger partial charge is 0.354 e. The van der Waals surface area contributed by atoms with E-state index in [1.165, 1.54) is 10.8 Å². The molecule has 4 aromatic heterocycles. The molecule has 0 atom stereocenters. The number of nitrogens with one attached hydrogen (secondary N) is 1. The smallest absolute Gasteiger partial charge is 0.0740 e. The lowest BCUT2D eigenvalue weighted by atomic mass is 9.95.